The molecule has 1 aromatic carbocycles. The minimum atomic E-state index is 0.471. The first-order valence-corrected chi connectivity index (χ1v) is 7.23. The molecule has 0 saturated heterocycles. The summed E-state index contributed by atoms with van der Waals surface area (Å²) in [5.41, 5.74) is 1.70. The highest BCUT2D eigenvalue weighted by Gasteiger charge is 2.27. The third-order valence-corrected chi connectivity index (χ3v) is 4.25. The number of aromatic nitrogens is 1. The monoisotopic (exact) mass is 254 g/mol. The molecule has 1 atom stereocenters. The maximum atomic E-state index is 4.26. The third kappa shape index (κ3) is 2.73. The van der Waals surface area contributed by atoms with Crippen LogP contribution < -0.4 is 5.32 Å². The average molecular weight is 254 g/mol. The van der Waals surface area contributed by atoms with E-state index in [1.54, 1.807) is 0 Å². The average Bonchev–Trinajstić information content (AvgIpc) is 2.38. The summed E-state index contributed by atoms with van der Waals surface area (Å²) in [7, 11) is 0. The molecule has 2 aromatic rings. The summed E-state index contributed by atoms with van der Waals surface area (Å²) < 4.78 is 0. The summed E-state index contributed by atoms with van der Waals surface area (Å²) in [4.78, 5) is 4.26. The Morgan fingerprint density at radius 3 is 3.00 bits per heavy atom. The topological polar surface area (TPSA) is 24.9 Å². The summed E-state index contributed by atoms with van der Waals surface area (Å²) in [5.74, 6) is 0. The second-order valence-electron chi connectivity index (χ2n) is 6.50. The first-order valence-electron chi connectivity index (χ1n) is 7.23. The van der Waals surface area contributed by atoms with Crippen molar-refractivity contribution in [2.75, 3.05) is 5.32 Å². The van der Waals surface area contributed by atoms with Crippen molar-refractivity contribution in [1.29, 1.82) is 0 Å². The Morgan fingerprint density at radius 1 is 1.26 bits per heavy atom. The molecule has 0 amide bonds. The van der Waals surface area contributed by atoms with Crippen LogP contribution in [-0.4, -0.2) is 11.0 Å². The summed E-state index contributed by atoms with van der Waals surface area (Å²) in [6.45, 7) is 4.76. The number of anilines is 1. The van der Waals surface area contributed by atoms with Gasteiger partial charge in [-0.05, 0) is 42.2 Å². The molecule has 0 aliphatic heterocycles. The van der Waals surface area contributed by atoms with E-state index in [0.717, 1.165) is 0 Å². The summed E-state index contributed by atoms with van der Waals surface area (Å²) in [6.07, 6.45) is 9.03. The van der Waals surface area contributed by atoms with Crippen LogP contribution in [0.3, 0.4) is 0 Å². The van der Waals surface area contributed by atoms with Crippen molar-refractivity contribution < 1.29 is 0 Å². The van der Waals surface area contributed by atoms with Gasteiger partial charge in [-0.15, -0.1) is 0 Å². The molecule has 1 fully saturated rings. The van der Waals surface area contributed by atoms with Gasteiger partial charge in [-0.1, -0.05) is 32.4 Å². The quantitative estimate of drug-likeness (QED) is 0.846. The number of fused-ring (bicyclic) bond motifs is 1. The minimum absolute atomic E-state index is 0.471. The van der Waals surface area contributed by atoms with E-state index in [9.17, 15) is 0 Å². The molecular formula is C17H22N2. The molecule has 1 N–H and O–H groups in total. The van der Waals surface area contributed by atoms with Crippen molar-refractivity contribution in [2.24, 2.45) is 5.41 Å². The van der Waals surface area contributed by atoms with Crippen LogP contribution in [-0.2, 0) is 0 Å². The number of pyridine rings is 1. The molecule has 0 spiro atoms. The predicted octanol–water partition coefficient (Wildman–Crippen LogP) is 4.62. The van der Waals surface area contributed by atoms with Crippen molar-refractivity contribution >= 4 is 16.5 Å². The normalized spacial score (nSPS) is 22.3. The predicted molar refractivity (Wildman–Crippen MR) is 81.4 cm³/mol. The van der Waals surface area contributed by atoms with E-state index >= 15 is 0 Å². The molecule has 1 aromatic heterocycles. The minimum Gasteiger partial charge on any atom is -0.382 e. The van der Waals surface area contributed by atoms with Crippen molar-refractivity contribution in [3.63, 3.8) is 0 Å². The fourth-order valence-corrected chi connectivity index (χ4v) is 3.28. The smallest absolute Gasteiger partial charge is 0.0437 e. The molecule has 1 saturated carbocycles. The molecule has 1 aliphatic carbocycles. The van der Waals surface area contributed by atoms with Crippen LogP contribution in [0.5, 0.6) is 0 Å². The van der Waals surface area contributed by atoms with Crippen LogP contribution in [0.25, 0.3) is 10.8 Å². The molecule has 1 heterocycles. The zero-order chi connectivity index (χ0) is 13.3. The fraction of sp³-hybridized carbons (Fsp3) is 0.471. The number of hydrogen-bond acceptors (Lipinski definition) is 2. The van der Waals surface area contributed by atoms with Crippen LogP contribution in [0.15, 0.2) is 36.7 Å². The van der Waals surface area contributed by atoms with E-state index < -0.39 is 0 Å². The lowest BCUT2D eigenvalue weighted by atomic mass is 9.75. The molecule has 2 nitrogen and oxygen atoms in total. The Bertz CT molecular complexity index is 569. The lowest BCUT2D eigenvalue weighted by Gasteiger charge is -2.36. The van der Waals surface area contributed by atoms with Gasteiger partial charge in [0.25, 0.3) is 0 Å². The number of rotatable bonds is 2. The van der Waals surface area contributed by atoms with E-state index in [4.69, 9.17) is 0 Å². The second kappa shape index (κ2) is 4.84. The van der Waals surface area contributed by atoms with Gasteiger partial charge in [-0.25, -0.2) is 0 Å². The number of hydrogen-bond donors (Lipinski definition) is 1. The van der Waals surface area contributed by atoms with Crippen LogP contribution in [0, 0.1) is 5.41 Å². The highest BCUT2D eigenvalue weighted by Crippen LogP contribution is 2.37. The van der Waals surface area contributed by atoms with Gasteiger partial charge in [0.1, 0.15) is 0 Å². The van der Waals surface area contributed by atoms with Gasteiger partial charge < -0.3 is 5.32 Å². The second-order valence-corrected chi connectivity index (χ2v) is 6.50. The van der Waals surface area contributed by atoms with E-state index in [2.05, 4.69) is 48.4 Å². The molecule has 2 heteroatoms. The van der Waals surface area contributed by atoms with Crippen LogP contribution in [0.1, 0.15) is 39.5 Å². The summed E-state index contributed by atoms with van der Waals surface area (Å²) >= 11 is 0. The van der Waals surface area contributed by atoms with E-state index in [-0.39, 0.29) is 0 Å². The largest absolute Gasteiger partial charge is 0.382 e. The molecule has 3 rings (SSSR count). The van der Waals surface area contributed by atoms with Crippen molar-refractivity contribution in [2.45, 2.75) is 45.6 Å². The molecule has 1 aliphatic rings. The van der Waals surface area contributed by atoms with Gasteiger partial charge in [0.2, 0.25) is 0 Å². The van der Waals surface area contributed by atoms with Gasteiger partial charge in [0, 0.05) is 29.5 Å². The SMILES string of the molecule is CC1(C)CCCC(Nc2cccc3ccncc23)C1. The van der Waals surface area contributed by atoms with Crippen LogP contribution in [0.4, 0.5) is 5.69 Å². The maximum absolute atomic E-state index is 4.26. The molecule has 19 heavy (non-hydrogen) atoms. The van der Waals surface area contributed by atoms with Gasteiger partial charge in [-0.2, -0.15) is 0 Å². The van der Waals surface area contributed by atoms with Crippen molar-refractivity contribution in [3.05, 3.63) is 36.7 Å². The van der Waals surface area contributed by atoms with Gasteiger partial charge in [-0.3, -0.25) is 4.98 Å². The standard InChI is InChI=1S/C17H22N2/c1-17(2)9-4-6-14(11-17)19-16-7-3-5-13-8-10-18-12-15(13)16/h3,5,7-8,10,12,14,19H,4,6,9,11H2,1-2H3. The van der Waals surface area contributed by atoms with E-state index in [1.165, 1.54) is 42.1 Å². The van der Waals surface area contributed by atoms with E-state index in [1.807, 2.05) is 12.4 Å². The lowest BCUT2D eigenvalue weighted by molar-refractivity contribution is 0.229. The zero-order valence-corrected chi connectivity index (χ0v) is 11.8. The van der Waals surface area contributed by atoms with Gasteiger partial charge in [0.05, 0.1) is 0 Å². The Hall–Kier alpha value is -1.57. The highest BCUT2D eigenvalue weighted by atomic mass is 14.9. The summed E-state index contributed by atoms with van der Waals surface area (Å²) in [5, 5.41) is 6.23. The lowest BCUT2D eigenvalue weighted by Crippen LogP contribution is -2.31. The number of nitrogens with zero attached hydrogens (tertiary/aromatic N) is 1. The van der Waals surface area contributed by atoms with Crippen LogP contribution in [0.2, 0.25) is 0 Å². The van der Waals surface area contributed by atoms with Crippen molar-refractivity contribution in [1.82, 2.24) is 4.98 Å². The van der Waals surface area contributed by atoms with Crippen molar-refractivity contribution in [3.8, 4) is 0 Å². The Balaban J connectivity index is 1.85. The number of nitrogens with one attached hydrogen (secondary N) is 1. The Labute approximate surface area is 115 Å². The zero-order valence-electron chi connectivity index (χ0n) is 11.8. The Kier molecular flexibility index (Phi) is 3.17. The first-order chi connectivity index (χ1) is 9.14. The maximum Gasteiger partial charge on any atom is 0.0437 e. The Morgan fingerprint density at radius 2 is 2.16 bits per heavy atom. The highest BCUT2D eigenvalue weighted by molar-refractivity contribution is 5.93. The molecule has 100 valence electrons. The third-order valence-electron chi connectivity index (χ3n) is 4.25. The molecule has 0 radical (unpaired) electrons. The van der Waals surface area contributed by atoms with Gasteiger partial charge >= 0.3 is 0 Å². The summed E-state index contributed by atoms with van der Waals surface area (Å²) in [6, 6.07) is 9.11. The first kappa shape index (κ1) is 12.5. The molecular weight excluding hydrogens is 232 g/mol. The fourth-order valence-electron chi connectivity index (χ4n) is 3.28. The number of benzene rings is 1. The van der Waals surface area contributed by atoms with Gasteiger partial charge in [0.15, 0.2) is 0 Å². The molecule has 0 bridgehead atoms. The van der Waals surface area contributed by atoms with Crippen LogP contribution >= 0.6 is 0 Å². The molecule has 1 unspecified atom stereocenters. The van der Waals surface area contributed by atoms with E-state index in [0.29, 0.717) is 11.5 Å².